The summed E-state index contributed by atoms with van der Waals surface area (Å²) in [7, 11) is 0. The Bertz CT molecular complexity index is 1620. The van der Waals surface area contributed by atoms with Gasteiger partial charge < -0.3 is 15.8 Å². The van der Waals surface area contributed by atoms with Gasteiger partial charge in [-0.2, -0.15) is 0 Å². The number of halogens is 3. The van der Waals surface area contributed by atoms with Crippen LogP contribution in [0.3, 0.4) is 0 Å². The molecule has 5 aromatic rings. The van der Waals surface area contributed by atoms with E-state index in [2.05, 4.69) is 15.3 Å². The molecule has 0 spiro atoms. The highest BCUT2D eigenvalue weighted by Crippen LogP contribution is 2.32. The molecule has 10 heteroatoms. The van der Waals surface area contributed by atoms with E-state index in [1.807, 2.05) is 22.6 Å². The van der Waals surface area contributed by atoms with Crippen molar-refractivity contribution >= 4 is 50.7 Å². The molecule has 0 aliphatic carbocycles. The summed E-state index contributed by atoms with van der Waals surface area (Å²) in [6, 6.07) is 15.0. The quantitative estimate of drug-likeness (QED) is 0.255. The third-order valence-corrected chi connectivity index (χ3v) is 6.30. The van der Waals surface area contributed by atoms with Gasteiger partial charge in [-0.3, -0.25) is 9.36 Å². The molecule has 7 nitrogen and oxygen atoms in total. The molecular formula is C25H16F2IN5O2. The molecule has 0 atom stereocenters. The number of aromatic nitrogens is 3. The van der Waals surface area contributed by atoms with Crippen molar-refractivity contribution in [3.05, 3.63) is 105 Å². The minimum absolute atomic E-state index is 0.00334. The molecule has 174 valence electrons. The third kappa shape index (κ3) is 4.52. The van der Waals surface area contributed by atoms with Gasteiger partial charge in [-0.15, -0.1) is 0 Å². The molecule has 0 fully saturated rings. The first kappa shape index (κ1) is 22.7. The molecule has 0 amide bonds. The van der Waals surface area contributed by atoms with E-state index in [9.17, 15) is 13.6 Å². The summed E-state index contributed by atoms with van der Waals surface area (Å²) in [6.07, 6.45) is 4.64. The van der Waals surface area contributed by atoms with Gasteiger partial charge in [0.05, 0.1) is 8.96 Å². The third-order valence-electron chi connectivity index (χ3n) is 5.22. The van der Waals surface area contributed by atoms with Crippen molar-refractivity contribution in [3.63, 3.8) is 0 Å². The molecule has 35 heavy (non-hydrogen) atoms. The fourth-order valence-corrected chi connectivity index (χ4v) is 3.95. The zero-order valence-electron chi connectivity index (χ0n) is 17.9. The first-order valence-electron chi connectivity index (χ1n) is 10.3. The van der Waals surface area contributed by atoms with E-state index in [1.165, 1.54) is 47.2 Å². The zero-order chi connectivity index (χ0) is 24.5. The van der Waals surface area contributed by atoms with Gasteiger partial charge in [0.2, 0.25) is 0 Å². The number of pyridine rings is 3. The van der Waals surface area contributed by atoms with Gasteiger partial charge in [-0.1, -0.05) is 0 Å². The number of hydrogen-bond acceptors (Lipinski definition) is 6. The zero-order valence-corrected chi connectivity index (χ0v) is 20.0. The Hall–Kier alpha value is -4.06. The fraction of sp³-hybridized carbons (Fsp3) is 0. The fourth-order valence-electron chi connectivity index (χ4n) is 3.52. The van der Waals surface area contributed by atoms with E-state index >= 15 is 0 Å². The second-order valence-corrected chi connectivity index (χ2v) is 8.55. The topological polar surface area (TPSA) is 95.1 Å². The minimum Gasteiger partial charge on any atom is -0.453 e. The molecule has 3 heterocycles. The first-order valence-corrected chi connectivity index (χ1v) is 11.4. The van der Waals surface area contributed by atoms with Crippen LogP contribution in [0.25, 0.3) is 16.5 Å². The van der Waals surface area contributed by atoms with Gasteiger partial charge in [-0.05, 0) is 76.5 Å². The lowest BCUT2D eigenvalue weighted by atomic mass is 10.2. The second kappa shape index (κ2) is 9.29. The predicted octanol–water partition coefficient (Wildman–Crippen LogP) is 5.78. The highest BCUT2D eigenvalue weighted by Gasteiger charge is 2.14. The standard InChI is InChI=1S/C25H16F2IN5O2/c26-15-1-4-17(5-2-15)33-12-9-14-7-10-31-24(21(14)25(33)34)32-16-3-6-19(18(27)13-16)35-20-8-11-30-23(29)22(20)28/h1-13H,(H2,29,30)(H,31,32). The molecule has 0 radical (unpaired) electrons. The summed E-state index contributed by atoms with van der Waals surface area (Å²) < 4.78 is 35.8. The van der Waals surface area contributed by atoms with Crippen molar-refractivity contribution in [2.45, 2.75) is 0 Å². The molecule has 0 aliphatic heterocycles. The van der Waals surface area contributed by atoms with Gasteiger partial charge in [0.15, 0.2) is 11.6 Å². The van der Waals surface area contributed by atoms with Gasteiger partial charge >= 0.3 is 0 Å². The number of nitrogens with two attached hydrogens (primary N) is 1. The Morgan fingerprint density at radius 3 is 2.49 bits per heavy atom. The minimum atomic E-state index is -0.620. The lowest BCUT2D eigenvalue weighted by Gasteiger charge is -2.13. The van der Waals surface area contributed by atoms with E-state index in [0.717, 1.165) is 0 Å². The van der Waals surface area contributed by atoms with Gasteiger partial charge in [-0.25, -0.2) is 18.7 Å². The number of fused-ring (bicyclic) bond motifs is 1. The average molecular weight is 583 g/mol. The number of nitrogens with zero attached hydrogens (tertiary/aromatic N) is 3. The predicted molar refractivity (Wildman–Crippen MR) is 138 cm³/mol. The van der Waals surface area contributed by atoms with Crippen LogP contribution in [0, 0.1) is 15.2 Å². The molecule has 3 aromatic heterocycles. The molecule has 5 rings (SSSR count). The number of nitrogens with one attached hydrogen (secondary N) is 1. The van der Waals surface area contributed by atoms with Crippen LogP contribution in [-0.4, -0.2) is 14.5 Å². The normalized spacial score (nSPS) is 10.9. The Kier molecular flexibility index (Phi) is 6.03. The van der Waals surface area contributed by atoms with Crippen molar-refractivity contribution in [1.82, 2.24) is 14.5 Å². The van der Waals surface area contributed by atoms with E-state index < -0.39 is 11.6 Å². The van der Waals surface area contributed by atoms with Crippen molar-refractivity contribution in [3.8, 4) is 17.2 Å². The summed E-state index contributed by atoms with van der Waals surface area (Å²) in [5.74, 6) is -0.0877. The maximum Gasteiger partial charge on any atom is 0.266 e. The largest absolute Gasteiger partial charge is 0.453 e. The van der Waals surface area contributed by atoms with Gasteiger partial charge in [0.1, 0.15) is 23.2 Å². The Balaban J connectivity index is 1.49. The van der Waals surface area contributed by atoms with Crippen LogP contribution in [0.4, 0.5) is 26.1 Å². The van der Waals surface area contributed by atoms with E-state index in [4.69, 9.17) is 10.5 Å². The van der Waals surface area contributed by atoms with E-state index in [1.54, 1.807) is 36.7 Å². The van der Waals surface area contributed by atoms with E-state index in [0.29, 0.717) is 31.5 Å². The maximum atomic E-state index is 14.9. The molecule has 2 aromatic carbocycles. The maximum absolute atomic E-state index is 14.9. The van der Waals surface area contributed by atoms with Crippen LogP contribution in [-0.2, 0) is 0 Å². The molecule has 0 unspecified atom stereocenters. The molecular weight excluding hydrogens is 567 g/mol. The van der Waals surface area contributed by atoms with Crippen LogP contribution < -0.4 is 21.3 Å². The first-order chi connectivity index (χ1) is 16.9. The number of hydrogen-bond donors (Lipinski definition) is 2. The smallest absolute Gasteiger partial charge is 0.266 e. The summed E-state index contributed by atoms with van der Waals surface area (Å²) >= 11 is 1.98. The number of rotatable bonds is 5. The summed E-state index contributed by atoms with van der Waals surface area (Å²) in [4.78, 5) is 21.5. The molecule has 0 saturated carbocycles. The van der Waals surface area contributed by atoms with Crippen LogP contribution in [0.2, 0.25) is 0 Å². The van der Waals surface area contributed by atoms with Gasteiger partial charge in [0, 0.05) is 42.1 Å². The van der Waals surface area contributed by atoms with Gasteiger partial charge in [0.25, 0.3) is 5.56 Å². The number of ether oxygens (including phenoxy) is 1. The second-order valence-electron chi connectivity index (χ2n) is 7.47. The monoisotopic (exact) mass is 583 g/mol. The summed E-state index contributed by atoms with van der Waals surface area (Å²) in [6.45, 7) is 0. The van der Waals surface area contributed by atoms with Crippen LogP contribution >= 0.6 is 22.6 Å². The van der Waals surface area contributed by atoms with Crippen molar-refractivity contribution < 1.29 is 13.5 Å². The van der Waals surface area contributed by atoms with Crippen molar-refractivity contribution in [2.24, 2.45) is 0 Å². The van der Waals surface area contributed by atoms with Crippen molar-refractivity contribution in [2.75, 3.05) is 11.1 Å². The Morgan fingerprint density at radius 1 is 0.943 bits per heavy atom. The summed E-state index contributed by atoms with van der Waals surface area (Å²) in [5, 5.41) is 3.97. The molecule has 0 aliphatic rings. The lowest BCUT2D eigenvalue weighted by molar-refractivity contribution is 0.440. The summed E-state index contributed by atoms with van der Waals surface area (Å²) in [5.41, 5.74) is 6.31. The molecule has 0 saturated heterocycles. The van der Waals surface area contributed by atoms with Crippen LogP contribution in [0.1, 0.15) is 0 Å². The van der Waals surface area contributed by atoms with E-state index in [-0.39, 0.29) is 22.9 Å². The SMILES string of the molecule is Nc1nccc(Oc2ccc(Nc3nccc4ccn(-c5ccc(F)cc5)c(=O)c34)cc2F)c1I. The van der Waals surface area contributed by atoms with Crippen LogP contribution in [0.15, 0.2) is 84.0 Å². The molecule has 3 N–H and O–H groups in total. The van der Waals surface area contributed by atoms with Crippen molar-refractivity contribution in [1.29, 1.82) is 0 Å². The average Bonchev–Trinajstić information content (AvgIpc) is 2.84. The Labute approximate surface area is 211 Å². The highest BCUT2D eigenvalue weighted by molar-refractivity contribution is 14.1. The lowest BCUT2D eigenvalue weighted by Crippen LogP contribution is -2.19. The Morgan fingerprint density at radius 2 is 1.71 bits per heavy atom. The molecule has 0 bridgehead atoms. The van der Waals surface area contributed by atoms with Crippen LogP contribution in [0.5, 0.6) is 11.5 Å². The number of nitrogen functional groups attached to an aromatic ring is 1. The number of benzene rings is 2. The number of anilines is 3. The highest BCUT2D eigenvalue weighted by atomic mass is 127.